The highest BCUT2D eigenvalue weighted by molar-refractivity contribution is 6.25. The predicted molar refractivity (Wildman–Crippen MR) is 97.8 cm³/mol. The fourth-order valence-electron chi connectivity index (χ4n) is 3.22. The monoisotopic (exact) mass is 381 g/mol. The molecule has 3 amide bonds. The van der Waals surface area contributed by atoms with E-state index in [1.165, 1.54) is 23.2 Å². The minimum atomic E-state index is -0.976. The van der Waals surface area contributed by atoms with Crippen LogP contribution in [0.25, 0.3) is 0 Å². The van der Waals surface area contributed by atoms with Gasteiger partial charge in [0.1, 0.15) is 12.4 Å². The lowest BCUT2D eigenvalue weighted by Gasteiger charge is -2.20. The second-order valence-corrected chi connectivity index (χ2v) is 6.60. The van der Waals surface area contributed by atoms with Gasteiger partial charge in [-0.15, -0.1) is 0 Å². The summed E-state index contributed by atoms with van der Waals surface area (Å²) in [6, 6.07) is 10.5. The van der Waals surface area contributed by atoms with E-state index in [1.54, 1.807) is 30.3 Å². The normalized spacial score (nSPS) is 20.6. The molecule has 8 nitrogen and oxygen atoms in total. The van der Waals surface area contributed by atoms with Gasteiger partial charge in [-0.2, -0.15) is 5.11 Å². The van der Waals surface area contributed by atoms with Crippen LogP contribution in [0.15, 0.2) is 58.9 Å². The number of benzene rings is 2. The number of hydrogen-bond acceptors (Lipinski definition) is 6. The van der Waals surface area contributed by atoms with E-state index in [0.29, 0.717) is 5.69 Å². The van der Waals surface area contributed by atoms with Gasteiger partial charge in [0.25, 0.3) is 11.8 Å². The highest BCUT2D eigenvalue weighted by atomic mass is 19.1. The van der Waals surface area contributed by atoms with E-state index in [0.717, 1.165) is 10.5 Å². The van der Waals surface area contributed by atoms with E-state index in [-0.39, 0.29) is 12.2 Å². The fraction of sp³-hybridized carbons (Fsp3) is 0.211. The SMILES string of the molecule is Cc1ccc(N2C(=O)[C@@H]3[C@@H](N=NN3CC(=O)Nc3cccc(F)c3)C2=O)cc1. The van der Waals surface area contributed by atoms with E-state index in [2.05, 4.69) is 15.7 Å². The molecule has 1 N–H and O–H groups in total. The van der Waals surface area contributed by atoms with Crippen molar-refractivity contribution in [2.24, 2.45) is 10.3 Å². The van der Waals surface area contributed by atoms with E-state index >= 15 is 0 Å². The molecule has 142 valence electrons. The number of imide groups is 1. The van der Waals surface area contributed by atoms with Crippen molar-refractivity contribution < 1.29 is 18.8 Å². The van der Waals surface area contributed by atoms with Gasteiger partial charge in [-0.05, 0) is 37.3 Å². The first-order valence-corrected chi connectivity index (χ1v) is 8.61. The van der Waals surface area contributed by atoms with E-state index < -0.39 is 35.6 Å². The average Bonchev–Trinajstić information content (AvgIpc) is 3.16. The highest BCUT2D eigenvalue weighted by Gasteiger charge is 2.55. The second-order valence-electron chi connectivity index (χ2n) is 6.60. The van der Waals surface area contributed by atoms with Crippen molar-refractivity contribution in [3.63, 3.8) is 0 Å². The van der Waals surface area contributed by atoms with Gasteiger partial charge in [0.15, 0.2) is 12.1 Å². The third kappa shape index (κ3) is 3.11. The zero-order valence-corrected chi connectivity index (χ0v) is 14.9. The Balaban J connectivity index is 1.48. The molecule has 9 heteroatoms. The smallest absolute Gasteiger partial charge is 0.263 e. The predicted octanol–water partition coefficient (Wildman–Crippen LogP) is 2.07. The highest BCUT2D eigenvalue weighted by Crippen LogP contribution is 2.31. The summed E-state index contributed by atoms with van der Waals surface area (Å²) in [6.07, 6.45) is 0. The Morgan fingerprint density at radius 2 is 1.89 bits per heavy atom. The summed E-state index contributed by atoms with van der Waals surface area (Å²) in [7, 11) is 0. The number of hydrogen-bond donors (Lipinski definition) is 1. The van der Waals surface area contributed by atoms with Crippen LogP contribution in [0.3, 0.4) is 0 Å². The number of halogens is 1. The number of aryl methyl sites for hydroxylation is 1. The quantitative estimate of drug-likeness (QED) is 0.821. The molecule has 1 fully saturated rings. The van der Waals surface area contributed by atoms with Gasteiger partial charge in [0, 0.05) is 5.69 Å². The Bertz CT molecular complexity index is 991. The molecule has 4 rings (SSSR count). The average molecular weight is 381 g/mol. The molecule has 28 heavy (non-hydrogen) atoms. The van der Waals surface area contributed by atoms with Crippen LogP contribution in [-0.4, -0.2) is 41.4 Å². The summed E-state index contributed by atoms with van der Waals surface area (Å²) >= 11 is 0. The number of rotatable bonds is 4. The van der Waals surface area contributed by atoms with Crippen molar-refractivity contribution >= 4 is 29.1 Å². The number of carbonyl (C=O) groups is 3. The Morgan fingerprint density at radius 3 is 2.61 bits per heavy atom. The Hall–Kier alpha value is -3.62. The van der Waals surface area contributed by atoms with Crippen molar-refractivity contribution in [1.29, 1.82) is 0 Å². The standard InChI is InChI=1S/C19H16FN5O3/c1-11-5-7-14(8-6-11)25-18(27)16-17(19(25)28)24(23-22-16)10-15(26)21-13-4-2-3-12(20)9-13/h2-9,16-17H,10H2,1H3,(H,21,26)/t16-,17+/m1/s1. The van der Waals surface area contributed by atoms with Crippen molar-refractivity contribution in [2.45, 2.75) is 19.0 Å². The summed E-state index contributed by atoms with van der Waals surface area (Å²) in [5.74, 6) is -1.94. The van der Waals surface area contributed by atoms with Crippen molar-refractivity contribution in [2.75, 3.05) is 16.8 Å². The topological polar surface area (TPSA) is 94.4 Å². The minimum Gasteiger partial charge on any atom is -0.324 e. The third-order valence-corrected chi connectivity index (χ3v) is 4.56. The number of fused-ring (bicyclic) bond motifs is 1. The van der Waals surface area contributed by atoms with Crippen molar-refractivity contribution in [3.8, 4) is 0 Å². The Labute approximate surface area is 159 Å². The first-order valence-electron chi connectivity index (χ1n) is 8.61. The molecule has 2 aromatic carbocycles. The lowest BCUT2D eigenvalue weighted by Crippen LogP contribution is -2.43. The first kappa shape index (κ1) is 17.8. The number of anilines is 2. The molecule has 2 aliphatic heterocycles. The lowest BCUT2D eigenvalue weighted by molar-refractivity contribution is -0.123. The van der Waals surface area contributed by atoms with E-state index in [4.69, 9.17) is 0 Å². The molecule has 0 bridgehead atoms. The summed E-state index contributed by atoms with van der Waals surface area (Å²) in [6.45, 7) is 1.61. The second kappa shape index (κ2) is 6.84. The van der Waals surface area contributed by atoms with Gasteiger partial charge in [-0.25, -0.2) is 9.29 Å². The van der Waals surface area contributed by atoms with Crippen LogP contribution in [0.1, 0.15) is 5.56 Å². The molecule has 0 radical (unpaired) electrons. The van der Waals surface area contributed by atoms with E-state index in [1.807, 2.05) is 6.92 Å². The molecule has 1 saturated heterocycles. The van der Waals surface area contributed by atoms with Gasteiger partial charge in [-0.3, -0.25) is 19.4 Å². The van der Waals surface area contributed by atoms with Crippen LogP contribution in [0.2, 0.25) is 0 Å². The van der Waals surface area contributed by atoms with Crippen LogP contribution in [0.5, 0.6) is 0 Å². The van der Waals surface area contributed by atoms with Crippen LogP contribution < -0.4 is 10.2 Å². The summed E-state index contributed by atoms with van der Waals surface area (Å²) in [4.78, 5) is 38.8. The van der Waals surface area contributed by atoms with Gasteiger partial charge < -0.3 is 5.32 Å². The summed E-state index contributed by atoms with van der Waals surface area (Å²) in [5.41, 5.74) is 1.74. The van der Waals surface area contributed by atoms with Crippen LogP contribution in [-0.2, 0) is 14.4 Å². The number of nitrogens with one attached hydrogen (secondary N) is 1. The van der Waals surface area contributed by atoms with Crippen LogP contribution in [0, 0.1) is 12.7 Å². The Morgan fingerprint density at radius 1 is 1.14 bits per heavy atom. The maximum Gasteiger partial charge on any atom is 0.263 e. The maximum absolute atomic E-state index is 13.2. The fourth-order valence-corrected chi connectivity index (χ4v) is 3.22. The molecule has 2 aromatic rings. The minimum absolute atomic E-state index is 0.285. The molecule has 2 heterocycles. The first-order chi connectivity index (χ1) is 13.4. The largest absolute Gasteiger partial charge is 0.324 e. The van der Waals surface area contributed by atoms with E-state index in [9.17, 15) is 18.8 Å². The van der Waals surface area contributed by atoms with Gasteiger partial charge in [0.05, 0.1) is 5.69 Å². The molecule has 0 aliphatic carbocycles. The molecule has 0 unspecified atom stereocenters. The van der Waals surface area contributed by atoms with Crippen molar-refractivity contribution in [1.82, 2.24) is 5.01 Å². The molecule has 0 saturated carbocycles. The number of amides is 3. The Kier molecular flexibility index (Phi) is 4.34. The zero-order chi connectivity index (χ0) is 19.8. The molecule has 2 aliphatic rings. The van der Waals surface area contributed by atoms with Crippen LogP contribution >= 0.6 is 0 Å². The molecule has 0 aromatic heterocycles. The van der Waals surface area contributed by atoms with Gasteiger partial charge >= 0.3 is 0 Å². The summed E-state index contributed by atoms with van der Waals surface area (Å²) in [5, 5.41) is 11.4. The van der Waals surface area contributed by atoms with Crippen molar-refractivity contribution in [3.05, 3.63) is 59.9 Å². The van der Waals surface area contributed by atoms with Gasteiger partial charge in [0.2, 0.25) is 5.91 Å². The maximum atomic E-state index is 13.2. The molecule has 0 spiro atoms. The third-order valence-electron chi connectivity index (χ3n) is 4.56. The summed E-state index contributed by atoms with van der Waals surface area (Å²) < 4.78 is 13.2. The van der Waals surface area contributed by atoms with Crippen LogP contribution in [0.4, 0.5) is 15.8 Å². The molecular weight excluding hydrogens is 365 g/mol. The number of nitrogens with zero attached hydrogens (tertiary/aromatic N) is 4. The molecule has 2 atom stereocenters. The molecular formula is C19H16FN5O3. The zero-order valence-electron chi connectivity index (χ0n) is 14.9. The van der Waals surface area contributed by atoms with Gasteiger partial charge in [-0.1, -0.05) is 29.0 Å². The number of carbonyl (C=O) groups excluding carboxylic acids is 3. The lowest BCUT2D eigenvalue weighted by atomic mass is 10.1.